The maximum absolute atomic E-state index is 5.59. The lowest BCUT2D eigenvalue weighted by atomic mass is 10.0. The molecule has 1 saturated carbocycles. The summed E-state index contributed by atoms with van der Waals surface area (Å²) in [6.07, 6.45) is 2.68. The minimum atomic E-state index is 0.146. The largest absolute Gasteiger partial charge is 0.493 e. The summed E-state index contributed by atoms with van der Waals surface area (Å²) in [5.41, 5.74) is 1.18. The Morgan fingerprint density at radius 2 is 1.91 bits per heavy atom. The first kappa shape index (κ1) is 24.6. The molecular weight excluding hydrogens is 406 g/mol. The van der Waals surface area contributed by atoms with E-state index in [1.165, 1.54) is 18.4 Å². The smallest absolute Gasteiger partial charge is 0.191 e. The van der Waals surface area contributed by atoms with E-state index in [2.05, 4.69) is 46.4 Å². The van der Waals surface area contributed by atoms with Crippen molar-refractivity contribution < 1.29 is 14.2 Å². The number of hydrogen-bond donors (Lipinski definition) is 2. The van der Waals surface area contributed by atoms with Gasteiger partial charge in [0.15, 0.2) is 17.5 Å². The molecule has 1 atom stereocenters. The molecular formula is C24H41N5O3. The van der Waals surface area contributed by atoms with Crippen LogP contribution in [0.15, 0.2) is 23.2 Å². The van der Waals surface area contributed by atoms with E-state index < -0.39 is 0 Å². The molecule has 1 aliphatic heterocycles. The molecule has 1 aromatic rings. The number of guanidine groups is 1. The van der Waals surface area contributed by atoms with Crippen LogP contribution in [0, 0.1) is 0 Å². The Kier molecular flexibility index (Phi) is 9.89. The summed E-state index contributed by atoms with van der Waals surface area (Å²) in [7, 11) is 3.34. The molecule has 8 nitrogen and oxygen atoms in total. The van der Waals surface area contributed by atoms with Gasteiger partial charge in [-0.1, -0.05) is 13.0 Å². The van der Waals surface area contributed by atoms with Gasteiger partial charge < -0.3 is 24.8 Å². The highest BCUT2D eigenvalue weighted by molar-refractivity contribution is 5.79. The first-order chi connectivity index (χ1) is 15.7. The highest BCUT2D eigenvalue weighted by atomic mass is 16.5. The summed E-state index contributed by atoms with van der Waals surface area (Å²) in [6, 6.07) is 7.10. The van der Waals surface area contributed by atoms with Crippen LogP contribution >= 0.6 is 0 Å². The van der Waals surface area contributed by atoms with Gasteiger partial charge in [-0.05, 0) is 44.0 Å². The van der Waals surface area contributed by atoms with Crippen molar-refractivity contribution in [2.75, 3.05) is 73.2 Å². The Morgan fingerprint density at radius 1 is 1.16 bits per heavy atom. The first-order valence-electron chi connectivity index (χ1n) is 12.0. The van der Waals surface area contributed by atoms with Crippen LogP contribution in [0.1, 0.15) is 38.3 Å². The summed E-state index contributed by atoms with van der Waals surface area (Å²) in [4.78, 5) is 9.97. The predicted molar refractivity (Wildman–Crippen MR) is 129 cm³/mol. The molecule has 3 rings (SSSR count). The third-order valence-corrected chi connectivity index (χ3v) is 6.21. The summed E-state index contributed by atoms with van der Waals surface area (Å²) >= 11 is 0. The van der Waals surface area contributed by atoms with Crippen LogP contribution in [-0.2, 0) is 4.74 Å². The second-order valence-electron chi connectivity index (χ2n) is 8.28. The molecule has 0 amide bonds. The van der Waals surface area contributed by atoms with Gasteiger partial charge in [-0.2, -0.15) is 0 Å². The van der Waals surface area contributed by atoms with Crippen molar-refractivity contribution in [3.8, 4) is 11.5 Å². The Balaban J connectivity index is 1.70. The molecule has 2 aliphatic rings. The number of rotatable bonds is 12. The zero-order valence-corrected chi connectivity index (χ0v) is 20.2. The number of nitrogens with one attached hydrogen (secondary N) is 2. The minimum Gasteiger partial charge on any atom is -0.493 e. The number of aliphatic imine (C=N–C) groups is 1. The van der Waals surface area contributed by atoms with Crippen LogP contribution in [0.2, 0.25) is 0 Å². The lowest BCUT2D eigenvalue weighted by molar-refractivity contribution is 0.0179. The van der Waals surface area contributed by atoms with E-state index in [4.69, 9.17) is 19.2 Å². The standard InChI is InChI=1S/C24H41N5O3/c1-5-25-24(26-11-12-28(6-2)20-8-9-20)27-18-21(29-13-15-32-16-14-29)19-7-10-22(30-3)23(17-19)31-4/h7,10,17,20-21H,5-6,8-9,11-16,18H2,1-4H3,(H2,25,26,27). The topological polar surface area (TPSA) is 70.6 Å². The van der Waals surface area contributed by atoms with Crippen LogP contribution < -0.4 is 20.1 Å². The molecule has 2 fully saturated rings. The van der Waals surface area contributed by atoms with Gasteiger partial charge in [-0.25, -0.2) is 0 Å². The Hall–Kier alpha value is -2.03. The van der Waals surface area contributed by atoms with Gasteiger partial charge >= 0.3 is 0 Å². The van der Waals surface area contributed by atoms with E-state index in [0.717, 1.165) is 76.0 Å². The van der Waals surface area contributed by atoms with Gasteiger partial charge in [0.05, 0.1) is 40.0 Å². The SMILES string of the molecule is CCNC(=NCC(c1ccc(OC)c(OC)c1)N1CCOCC1)NCCN(CC)C1CC1. The number of ether oxygens (including phenoxy) is 3. The molecule has 0 spiro atoms. The summed E-state index contributed by atoms with van der Waals surface area (Å²) in [5, 5.41) is 6.93. The lowest BCUT2D eigenvalue weighted by Gasteiger charge is -2.34. The van der Waals surface area contributed by atoms with Crippen LogP contribution in [0.4, 0.5) is 0 Å². The Morgan fingerprint density at radius 3 is 2.53 bits per heavy atom. The minimum absolute atomic E-state index is 0.146. The number of benzene rings is 1. The van der Waals surface area contributed by atoms with Crippen molar-refractivity contribution >= 4 is 5.96 Å². The van der Waals surface area contributed by atoms with Crippen LogP contribution in [-0.4, -0.2) is 95.0 Å². The quantitative estimate of drug-likeness (QED) is 0.376. The molecule has 1 aromatic carbocycles. The van der Waals surface area contributed by atoms with E-state index in [-0.39, 0.29) is 6.04 Å². The average Bonchev–Trinajstić information content (AvgIpc) is 3.67. The van der Waals surface area contributed by atoms with E-state index in [1.54, 1.807) is 14.2 Å². The second kappa shape index (κ2) is 12.9. The fourth-order valence-electron chi connectivity index (χ4n) is 4.26. The van der Waals surface area contributed by atoms with Crippen molar-refractivity contribution in [2.45, 2.75) is 38.8 Å². The molecule has 0 radical (unpaired) electrons. The fraction of sp³-hybridized carbons (Fsp3) is 0.708. The van der Waals surface area contributed by atoms with Crippen LogP contribution in [0.25, 0.3) is 0 Å². The molecule has 1 unspecified atom stereocenters. The molecule has 8 heteroatoms. The average molecular weight is 448 g/mol. The van der Waals surface area contributed by atoms with Gasteiger partial charge in [0, 0.05) is 38.8 Å². The number of hydrogen-bond acceptors (Lipinski definition) is 6. The van der Waals surface area contributed by atoms with Gasteiger partial charge in [0.1, 0.15) is 0 Å². The lowest BCUT2D eigenvalue weighted by Crippen LogP contribution is -2.43. The van der Waals surface area contributed by atoms with Gasteiger partial charge in [0.25, 0.3) is 0 Å². The molecule has 1 heterocycles. The Bertz CT molecular complexity index is 720. The summed E-state index contributed by atoms with van der Waals surface area (Å²) in [6.45, 7) is 12.2. The molecule has 32 heavy (non-hydrogen) atoms. The first-order valence-corrected chi connectivity index (χ1v) is 12.0. The van der Waals surface area contributed by atoms with Crippen molar-refractivity contribution in [3.63, 3.8) is 0 Å². The Labute approximate surface area is 193 Å². The molecule has 2 N–H and O–H groups in total. The van der Waals surface area contributed by atoms with E-state index in [0.29, 0.717) is 6.54 Å². The van der Waals surface area contributed by atoms with Crippen molar-refractivity contribution in [2.24, 2.45) is 4.99 Å². The van der Waals surface area contributed by atoms with E-state index in [1.807, 2.05) is 6.07 Å². The van der Waals surface area contributed by atoms with Gasteiger partial charge in [-0.15, -0.1) is 0 Å². The second-order valence-corrected chi connectivity index (χ2v) is 8.28. The number of likely N-dealkylation sites (N-methyl/N-ethyl adjacent to an activating group) is 1. The van der Waals surface area contributed by atoms with Crippen molar-refractivity contribution in [1.82, 2.24) is 20.4 Å². The van der Waals surface area contributed by atoms with Crippen molar-refractivity contribution in [3.05, 3.63) is 23.8 Å². The predicted octanol–water partition coefficient (Wildman–Crippen LogP) is 2.12. The van der Waals surface area contributed by atoms with E-state index in [9.17, 15) is 0 Å². The highest BCUT2D eigenvalue weighted by Crippen LogP contribution is 2.32. The van der Waals surface area contributed by atoms with Crippen molar-refractivity contribution in [1.29, 1.82) is 0 Å². The number of morpholine rings is 1. The zero-order valence-electron chi connectivity index (χ0n) is 20.2. The maximum Gasteiger partial charge on any atom is 0.191 e. The normalized spacial score (nSPS) is 18.5. The van der Waals surface area contributed by atoms with Crippen LogP contribution in [0.3, 0.4) is 0 Å². The van der Waals surface area contributed by atoms with Crippen LogP contribution in [0.5, 0.6) is 11.5 Å². The third kappa shape index (κ3) is 6.98. The van der Waals surface area contributed by atoms with Gasteiger partial charge in [0.2, 0.25) is 0 Å². The monoisotopic (exact) mass is 447 g/mol. The molecule has 180 valence electrons. The number of nitrogens with zero attached hydrogens (tertiary/aromatic N) is 3. The highest BCUT2D eigenvalue weighted by Gasteiger charge is 2.27. The molecule has 0 aromatic heterocycles. The molecule has 0 bridgehead atoms. The summed E-state index contributed by atoms with van der Waals surface area (Å²) in [5.74, 6) is 2.36. The summed E-state index contributed by atoms with van der Waals surface area (Å²) < 4.78 is 16.6. The maximum atomic E-state index is 5.59. The number of methoxy groups -OCH3 is 2. The third-order valence-electron chi connectivity index (χ3n) is 6.21. The molecule has 1 saturated heterocycles. The van der Waals surface area contributed by atoms with E-state index >= 15 is 0 Å². The van der Waals surface area contributed by atoms with Gasteiger partial charge in [-0.3, -0.25) is 14.8 Å². The zero-order chi connectivity index (χ0) is 22.8. The fourth-order valence-corrected chi connectivity index (χ4v) is 4.26. The molecule has 1 aliphatic carbocycles.